The summed E-state index contributed by atoms with van der Waals surface area (Å²) in [6.45, 7) is 0.220. The first-order valence-corrected chi connectivity index (χ1v) is 7.45. The number of hydrogen-bond acceptors (Lipinski definition) is 6. The number of nitrogens with one attached hydrogen (secondary N) is 1. The second kappa shape index (κ2) is 6.91. The van der Waals surface area contributed by atoms with E-state index in [-0.39, 0.29) is 23.7 Å². The van der Waals surface area contributed by atoms with Crippen LogP contribution < -0.4 is 10.1 Å². The second-order valence-electron chi connectivity index (χ2n) is 5.28. The van der Waals surface area contributed by atoms with Crippen molar-refractivity contribution in [2.45, 2.75) is 6.54 Å². The van der Waals surface area contributed by atoms with Crippen molar-refractivity contribution in [1.82, 2.24) is 9.55 Å². The zero-order valence-corrected chi connectivity index (χ0v) is 13.4. The van der Waals surface area contributed by atoms with Crippen LogP contribution >= 0.6 is 0 Å². The normalized spacial score (nSPS) is 10.4. The van der Waals surface area contributed by atoms with Gasteiger partial charge < -0.3 is 19.7 Å². The molecule has 0 aliphatic carbocycles. The third-order valence-corrected chi connectivity index (χ3v) is 3.73. The van der Waals surface area contributed by atoms with Crippen LogP contribution in [-0.4, -0.2) is 26.7 Å². The van der Waals surface area contributed by atoms with Crippen molar-refractivity contribution < 1.29 is 14.8 Å². The standard InChI is InChI=1S/C17H16N4O4/c1-25-17-8-12(15(21(23)24)9-16(17)22)10-19-13-2-4-14(5-3-13)20-7-6-18-11-20/h2-9,11,19,22H,10H2,1H3. The second-order valence-corrected chi connectivity index (χ2v) is 5.28. The number of phenols is 1. The molecule has 0 saturated heterocycles. The molecule has 0 aliphatic rings. The largest absolute Gasteiger partial charge is 0.504 e. The Kier molecular flexibility index (Phi) is 4.51. The number of nitro benzene ring substituents is 1. The van der Waals surface area contributed by atoms with Crippen LogP contribution in [-0.2, 0) is 6.54 Å². The van der Waals surface area contributed by atoms with E-state index in [0.717, 1.165) is 17.4 Å². The topological polar surface area (TPSA) is 102 Å². The van der Waals surface area contributed by atoms with Gasteiger partial charge in [0.25, 0.3) is 5.69 Å². The monoisotopic (exact) mass is 340 g/mol. The number of ether oxygens (including phenoxy) is 1. The lowest BCUT2D eigenvalue weighted by molar-refractivity contribution is -0.385. The summed E-state index contributed by atoms with van der Waals surface area (Å²) in [6.07, 6.45) is 5.24. The Labute approximate surface area is 143 Å². The van der Waals surface area contributed by atoms with Crippen molar-refractivity contribution >= 4 is 11.4 Å². The summed E-state index contributed by atoms with van der Waals surface area (Å²) < 4.78 is 6.89. The highest BCUT2D eigenvalue weighted by Crippen LogP contribution is 2.34. The van der Waals surface area contributed by atoms with Gasteiger partial charge in [0.2, 0.25) is 0 Å². The fourth-order valence-electron chi connectivity index (χ4n) is 2.44. The van der Waals surface area contributed by atoms with Gasteiger partial charge in [-0.2, -0.15) is 0 Å². The Morgan fingerprint density at radius 1 is 1.32 bits per heavy atom. The van der Waals surface area contributed by atoms with Crippen molar-refractivity contribution in [1.29, 1.82) is 0 Å². The molecule has 128 valence electrons. The Balaban J connectivity index is 1.78. The number of nitrogens with zero attached hydrogens (tertiary/aromatic N) is 3. The smallest absolute Gasteiger partial charge is 0.278 e. The minimum Gasteiger partial charge on any atom is -0.504 e. The number of rotatable bonds is 6. The molecule has 0 saturated carbocycles. The van der Waals surface area contributed by atoms with Crippen LogP contribution in [0.3, 0.4) is 0 Å². The molecule has 0 radical (unpaired) electrons. The first kappa shape index (κ1) is 16.3. The van der Waals surface area contributed by atoms with Gasteiger partial charge in [-0.25, -0.2) is 4.98 Å². The van der Waals surface area contributed by atoms with Gasteiger partial charge in [0.15, 0.2) is 11.5 Å². The van der Waals surface area contributed by atoms with Gasteiger partial charge >= 0.3 is 0 Å². The summed E-state index contributed by atoms with van der Waals surface area (Å²) in [5, 5.41) is 24.0. The summed E-state index contributed by atoms with van der Waals surface area (Å²) in [5.41, 5.74) is 2.02. The quantitative estimate of drug-likeness (QED) is 0.528. The molecule has 0 atom stereocenters. The van der Waals surface area contributed by atoms with Gasteiger partial charge in [-0.15, -0.1) is 0 Å². The summed E-state index contributed by atoms with van der Waals surface area (Å²) in [7, 11) is 1.40. The van der Waals surface area contributed by atoms with Crippen molar-refractivity contribution in [3.8, 4) is 17.2 Å². The molecule has 8 heteroatoms. The molecule has 0 bridgehead atoms. The first-order valence-electron chi connectivity index (χ1n) is 7.45. The van der Waals surface area contributed by atoms with Crippen LogP contribution in [0.5, 0.6) is 11.5 Å². The molecule has 0 spiro atoms. The molecule has 2 aromatic carbocycles. The van der Waals surface area contributed by atoms with E-state index in [9.17, 15) is 15.2 Å². The van der Waals surface area contributed by atoms with Gasteiger partial charge in [-0.1, -0.05) is 0 Å². The minimum atomic E-state index is -0.529. The van der Waals surface area contributed by atoms with Crippen molar-refractivity contribution in [3.05, 3.63) is 70.8 Å². The number of nitro groups is 1. The first-order chi connectivity index (χ1) is 12.1. The van der Waals surface area contributed by atoms with Crippen LogP contribution in [0.4, 0.5) is 11.4 Å². The molecule has 3 rings (SSSR count). The lowest BCUT2D eigenvalue weighted by Gasteiger charge is -2.11. The maximum Gasteiger partial charge on any atom is 0.278 e. The molecule has 1 aromatic heterocycles. The van der Waals surface area contributed by atoms with Gasteiger partial charge in [0.1, 0.15) is 0 Å². The SMILES string of the molecule is COc1cc(CNc2ccc(-n3ccnc3)cc2)c([N+](=O)[O-])cc1O. The molecule has 3 aromatic rings. The van der Waals surface area contributed by atoms with Crippen molar-refractivity contribution in [2.75, 3.05) is 12.4 Å². The number of phenolic OH excluding ortho intramolecular Hbond substituents is 1. The zero-order chi connectivity index (χ0) is 17.8. The van der Waals surface area contributed by atoms with Gasteiger partial charge in [-0.3, -0.25) is 10.1 Å². The molecule has 0 aliphatic heterocycles. The highest BCUT2D eigenvalue weighted by molar-refractivity contribution is 5.56. The lowest BCUT2D eigenvalue weighted by atomic mass is 10.1. The van der Waals surface area contributed by atoms with Gasteiger partial charge in [0.05, 0.1) is 30.0 Å². The molecular formula is C17H16N4O4. The van der Waals surface area contributed by atoms with Crippen LogP contribution in [0.2, 0.25) is 0 Å². The third-order valence-electron chi connectivity index (χ3n) is 3.73. The molecule has 0 unspecified atom stereocenters. The summed E-state index contributed by atoms with van der Waals surface area (Å²) in [4.78, 5) is 14.6. The van der Waals surface area contributed by atoms with E-state index in [1.165, 1.54) is 13.2 Å². The predicted molar refractivity (Wildman–Crippen MR) is 92.2 cm³/mol. The van der Waals surface area contributed by atoms with Gasteiger partial charge in [-0.05, 0) is 30.3 Å². The highest BCUT2D eigenvalue weighted by atomic mass is 16.6. The van der Waals surface area contributed by atoms with Crippen LogP contribution in [0.25, 0.3) is 5.69 Å². The van der Waals surface area contributed by atoms with Crippen LogP contribution in [0.1, 0.15) is 5.56 Å². The predicted octanol–water partition coefficient (Wildman–Crippen LogP) is 3.11. The summed E-state index contributed by atoms with van der Waals surface area (Å²) in [6, 6.07) is 10.1. The molecule has 8 nitrogen and oxygen atoms in total. The maximum atomic E-state index is 11.2. The van der Waals surface area contributed by atoms with E-state index in [1.807, 2.05) is 35.0 Å². The minimum absolute atomic E-state index is 0.166. The number of anilines is 1. The molecule has 0 fully saturated rings. The molecule has 0 amide bonds. The lowest BCUT2D eigenvalue weighted by Crippen LogP contribution is -2.04. The Morgan fingerprint density at radius 3 is 2.68 bits per heavy atom. The van der Waals surface area contributed by atoms with Crippen LogP contribution in [0.15, 0.2) is 55.1 Å². The van der Waals surface area contributed by atoms with E-state index in [1.54, 1.807) is 12.5 Å². The average Bonchev–Trinajstić information content (AvgIpc) is 3.15. The fraction of sp³-hybridized carbons (Fsp3) is 0.118. The molecule has 2 N–H and O–H groups in total. The van der Waals surface area contributed by atoms with Crippen LogP contribution in [0, 0.1) is 10.1 Å². The summed E-state index contributed by atoms with van der Waals surface area (Å²) in [5.74, 6) is -0.0690. The number of hydrogen-bond donors (Lipinski definition) is 2. The number of imidazole rings is 1. The fourth-order valence-corrected chi connectivity index (χ4v) is 2.44. The van der Waals surface area contributed by atoms with E-state index in [4.69, 9.17) is 4.74 Å². The number of methoxy groups -OCH3 is 1. The number of benzene rings is 2. The number of aromatic hydroxyl groups is 1. The van der Waals surface area contributed by atoms with E-state index in [2.05, 4.69) is 10.3 Å². The van der Waals surface area contributed by atoms with E-state index >= 15 is 0 Å². The average molecular weight is 340 g/mol. The molecular weight excluding hydrogens is 324 g/mol. The van der Waals surface area contributed by atoms with Gasteiger partial charge in [0, 0.05) is 30.3 Å². The zero-order valence-electron chi connectivity index (χ0n) is 13.4. The van der Waals surface area contributed by atoms with Crippen molar-refractivity contribution in [2.24, 2.45) is 0 Å². The number of aromatic nitrogens is 2. The van der Waals surface area contributed by atoms with Crippen molar-refractivity contribution in [3.63, 3.8) is 0 Å². The Morgan fingerprint density at radius 2 is 2.08 bits per heavy atom. The Hall–Kier alpha value is -3.55. The third kappa shape index (κ3) is 3.52. The van der Waals surface area contributed by atoms with E-state index < -0.39 is 4.92 Å². The Bertz CT molecular complexity index is 876. The van der Waals surface area contributed by atoms with E-state index in [0.29, 0.717) is 5.56 Å². The maximum absolute atomic E-state index is 11.2. The summed E-state index contributed by atoms with van der Waals surface area (Å²) >= 11 is 0. The molecule has 25 heavy (non-hydrogen) atoms. The molecule has 1 heterocycles. The highest BCUT2D eigenvalue weighted by Gasteiger charge is 2.18.